The van der Waals surface area contributed by atoms with E-state index in [0.717, 1.165) is 0 Å². The number of methoxy groups -OCH3 is 1. The van der Waals surface area contributed by atoms with E-state index in [1.165, 1.54) is 21.0 Å². The largest absolute Gasteiger partial charge is 0.459 e. The standard InChI is InChI=1S/C42H78NO16P/c1-16-30-42(12,49)35(46)25(6)32(44)23(4)20-41(11,52-22-60(50,53-17-2)54-18-3)37(59-39-33(45)29(43(13)14)19-24(5)55-39)26(7)34(27(8)38(48)57-30)58-31-21-40(10,51-15)36(47)28(9)56-31/h23-31,33-37,39,45-47,49H,16-22H2,1-15H3/t23-,24-,25+,26+,27-,28+,29+,30-,31+,33-,34+,35-,36+,37-,39+,40-,41+,42-/m1/s1. The number of aliphatic hydroxyl groups excluding tert-OH is 3. The van der Waals surface area contributed by atoms with Crippen molar-refractivity contribution in [2.24, 2.45) is 23.7 Å². The minimum atomic E-state index is -3.90. The van der Waals surface area contributed by atoms with Crippen LogP contribution in [0.1, 0.15) is 109 Å². The first-order valence-corrected chi connectivity index (χ1v) is 23.3. The van der Waals surface area contributed by atoms with Gasteiger partial charge in [0.1, 0.15) is 36.0 Å². The molecule has 3 aliphatic rings. The van der Waals surface area contributed by atoms with Gasteiger partial charge in [0.2, 0.25) is 0 Å². The van der Waals surface area contributed by atoms with E-state index >= 15 is 0 Å². The van der Waals surface area contributed by atoms with E-state index in [1.54, 1.807) is 62.3 Å². The van der Waals surface area contributed by atoms with Gasteiger partial charge in [0, 0.05) is 37.3 Å². The van der Waals surface area contributed by atoms with Gasteiger partial charge in [-0.1, -0.05) is 27.7 Å². The molecule has 4 N–H and O–H groups in total. The average Bonchev–Trinajstić information content (AvgIpc) is 3.18. The van der Waals surface area contributed by atoms with Crippen LogP contribution in [-0.2, 0) is 56.4 Å². The number of Topliss-reactive ketones (excluding diaryl/α,β-unsaturated/α-hetero) is 1. The zero-order chi connectivity index (χ0) is 45.7. The molecular formula is C42H78NO16P. The van der Waals surface area contributed by atoms with Crippen LogP contribution >= 0.6 is 7.60 Å². The van der Waals surface area contributed by atoms with Crippen LogP contribution in [0.25, 0.3) is 0 Å². The molecule has 18 heteroatoms. The van der Waals surface area contributed by atoms with Gasteiger partial charge in [0.05, 0.1) is 60.9 Å². The molecule has 3 heterocycles. The van der Waals surface area contributed by atoms with Crippen LogP contribution in [0.4, 0.5) is 0 Å². The van der Waals surface area contributed by atoms with Crippen molar-refractivity contribution in [3.8, 4) is 0 Å². The van der Waals surface area contributed by atoms with E-state index in [9.17, 15) is 34.6 Å². The highest BCUT2D eigenvalue weighted by Crippen LogP contribution is 2.51. The molecular weight excluding hydrogens is 805 g/mol. The van der Waals surface area contributed by atoms with Crippen LogP contribution in [0.15, 0.2) is 0 Å². The minimum absolute atomic E-state index is 0.0486. The number of carbonyl (C=O) groups is 2. The van der Waals surface area contributed by atoms with Crippen molar-refractivity contribution in [2.75, 3.05) is 40.8 Å². The van der Waals surface area contributed by atoms with Crippen molar-refractivity contribution in [3.63, 3.8) is 0 Å². The van der Waals surface area contributed by atoms with Gasteiger partial charge >= 0.3 is 13.6 Å². The normalized spacial score (nSPS) is 44.4. The number of ether oxygens (including phenoxy) is 7. The summed E-state index contributed by atoms with van der Waals surface area (Å²) in [5.41, 5.74) is -4.77. The Balaban J connectivity index is 2.36. The maximum Gasteiger partial charge on any atom is 0.356 e. The molecule has 0 aliphatic carbocycles. The number of hydrogen-bond donors (Lipinski definition) is 4. The van der Waals surface area contributed by atoms with Gasteiger partial charge in [-0.3, -0.25) is 14.2 Å². The van der Waals surface area contributed by atoms with Gasteiger partial charge in [0.25, 0.3) is 0 Å². The molecule has 352 valence electrons. The summed E-state index contributed by atoms with van der Waals surface area (Å²) in [4.78, 5) is 30.7. The number of nitrogens with zero attached hydrogens (tertiary/aromatic N) is 1. The van der Waals surface area contributed by atoms with Gasteiger partial charge in [-0.25, -0.2) is 0 Å². The van der Waals surface area contributed by atoms with Crippen LogP contribution < -0.4 is 0 Å². The molecule has 0 radical (unpaired) electrons. The molecule has 0 amide bonds. The van der Waals surface area contributed by atoms with E-state index in [0.29, 0.717) is 6.42 Å². The van der Waals surface area contributed by atoms with Gasteiger partial charge in [-0.05, 0) is 88.7 Å². The average molecular weight is 884 g/mol. The van der Waals surface area contributed by atoms with Crippen LogP contribution in [0.3, 0.4) is 0 Å². The number of hydrogen-bond acceptors (Lipinski definition) is 17. The number of esters is 1. The van der Waals surface area contributed by atoms with Crippen molar-refractivity contribution in [1.82, 2.24) is 4.90 Å². The molecule has 0 bridgehead atoms. The van der Waals surface area contributed by atoms with Crippen molar-refractivity contribution in [1.29, 1.82) is 0 Å². The Bertz CT molecular complexity index is 1430. The number of cyclic esters (lactones) is 1. The summed E-state index contributed by atoms with van der Waals surface area (Å²) in [5, 5.41) is 46.3. The summed E-state index contributed by atoms with van der Waals surface area (Å²) in [6.07, 6.45) is -10.9. The molecule has 3 rings (SSSR count). The second kappa shape index (κ2) is 21.7. The van der Waals surface area contributed by atoms with Gasteiger partial charge in [-0.2, -0.15) is 0 Å². The van der Waals surface area contributed by atoms with Crippen LogP contribution in [0, 0.1) is 23.7 Å². The Hall–Kier alpha value is -1.15. The van der Waals surface area contributed by atoms with Crippen molar-refractivity contribution in [2.45, 2.75) is 193 Å². The van der Waals surface area contributed by atoms with Crippen molar-refractivity contribution < 1.29 is 76.8 Å². The first-order valence-electron chi connectivity index (χ1n) is 21.6. The maximum atomic E-state index is 14.4. The molecule has 3 fully saturated rings. The van der Waals surface area contributed by atoms with E-state index in [4.69, 9.17) is 42.2 Å². The third-order valence-electron chi connectivity index (χ3n) is 13.0. The van der Waals surface area contributed by atoms with E-state index < -0.39 is 121 Å². The number of likely N-dealkylation sites (N-methyl/N-ethyl adjacent to an activating group) is 1. The Morgan fingerprint density at radius 3 is 1.98 bits per heavy atom. The second-order valence-electron chi connectivity index (χ2n) is 18.1. The maximum absolute atomic E-state index is 14.4. The lowest BCUT2D eigenvalue weighted by molar-refractivity contribution is -0.320. The summed E-state index contributed by atoms with van der Waals surface area (Å²) < 4.78 is 70.0. The van der Waals surface area contributed by atoms with E-state index in [2.05, 4.69) is 0 Å². The number of rotatable bonds is 14. The van der Waals surface area contributed by atoms with Crippen LogP contribution in [0.5, 0.6) is 0 Å². The summed E-state index contributed by atoms with van der Waals surface area (Å²) >= 11 is 0. The molecule has 0 unspecified atom stereocenters. The van der Waals surface area contributed by atoms with Gasteiger partial charge in [0.15, 0.2) is 12.6 Å². The highest BCUT2D eigenvalue weighted by atomic mass is 31.2. The van der Waals surface area contributed by atoms with E-state index in [1.807, 2.05) is 25.9 Å². The van der Waals surface area contributed by atoms with Gasteiger partial charge in [-0.15, -0.1) is 0 Å². The zero-order valence-corrected chi connectivity index (χ0v) is 39.6. The summed E-state index contributed by atoms with van der Waals surface area (Å²) in [6, 6.07) is -0.381. The smallest absolute Gasteiger partial charge is 0.356 e. The third kappa shape index (κ3) is 12.1. The monoisotopic (exact) mass is 884 g/mol. The van der Waals surface area contributed by atoms with E-state index in [-0.39, 0.29) is 44.6 Å². The fraction of sp³-hybridized carbons (Fsp3) is 0.952. The summed E-state index contributed by atoms with van der Waals surface area (Å²) in [5.74, 6) is -5.28. The number of ketones is 1. The van der Waals surface area contributed by atoms with Crippen LogP contribution in [-0.4, -0.2) is 162 Å². The number of carbonyl (C=O) groups excluding carboxylic acids is 2. The predicted molar refractivity (Wildman–Crippen MR) is 221 cm³/mol. The third-order valence-corrected chi connectivity index (χ3v) is 14.8. The van der Waals surface area contributed by atoms with Gasteiger partial charge < -0.3 is 67.5 Å². The molecule has 0 aromatic rings. The molecule has 0 aromatic carbocycles. The quantitative estimate of drug-likeness (QED) is 0.143. The highest BCUT2D eigenvalue weighted by molar-refractivity contribution is 7.53. The Labute approximate surface area is 357 Å². The van der Waals surface area contributed by atoms with Crippen molar-refractivity contribution in [3.05, 3.63) is 0 Å². The lowest BCUT2D eigenvalue weighted by Gasteiger charge is -2.50. The fourth-order valence-corrected chi connectivity index (χ4v) is 10.7. The molecule has 0 saturated carbocycles. The lowest BCUT2D eigenvalue weighted by Crippen LogP contribution is -2.61. The predicted octanol–water partition coefficient (Wildman–Crippen LogP) is 4.03. The summed E-state index contributed by atoms with van der Waals surface area (Å²) in [7, 11) is 1.26. The summed E-state index contributed by atoms with van der Waals surface area (Å²) in [6.45, 7) is 20.0. The number of aliphatic hydroxyl groups is 4. The lowest BCUT2D eigenvalue weighted by atomic mass is 9.74. The minimum Gasteiger partial charge on any atom is -0.459 e. The molecule has 0 aromatic heterocycles. The van der Waals surface area contributed by atoms with Crippen LogP contribution in [0.2, 0.25) is 0 Å². The molecule has 60 heavy (non-hydrogen) atoms. The molecule has 3 aliphatic heterocycles. The Kier molecular flexibility index (Phi) is 19.2. The fourth-order valence-electron chi connectivity index (χ4n) is 9.26. The molecule has 0 spiro atoms. The topological polar surface area (TPSA) is 218 Å². The van der Waals surface area contributed by atoms with Crippen molar-refractivity contribution >= 4 is 19.3 Å². The molecule has 17 nitrogen and oxygen atoms in total. The molecule has 3 saturated heterocycles. The Morgan fingerprint density at radius 1 is 0.850 bits per heavy atom. The highest BCUT2D eigenvalue weighted by Gasteiger charge is 2.55. The zero-order valence-electron chi connectivity index (χ0n) is 38.7. The SMILES string of the molecule is CCOP(=O)(CO[C@@]1(C)C[C@@H](C)C(=O)[C@H](C)[C@@H](O)[C@](C)(O)[C@@H](CC)OC(=O)[C@H](C)[C@@H](O[C@H]2C[C@@](C)(OC)[C@@H](O)[C@H](C)O2)[C@H](C)[C@H]1O[C@@H]1O[C@H](C)C[C@H](N(C)C)[C@H]1O)OCC. The first-order chi connectivity index (χ1) is 27.8. The second-order valence-corrected chi connectivity index (χ2v) is 20.1. The molecule has 18 atom stereocenters. The first kappa shape index (κ1) is 53.2. The Morgan fingerprint density at radius 2 is 1.45 bits per heavy atom.